The van der Waals surface area contributed by atoms with Crippen LogP contribution in [0.25, 0.3) is 0 Å². The zero-order valence-electron chi connectivity index (χ0n) is 12.7. The lowest BCUT2D eigenvalue weighted by Gasteiger charge is -2.07. The van der Waals surface area contributed by atoms with E-state index in [-0.39, 0.29) is 4.90 Å². The van der Waals surface area contributed by atoms with Gasteiger partial charge in [0.1, 0.15) is 0 Å². The lowest BCUT2D eigenvalue weighted by Crippen LogP contribution is -2.19. The van der Waals surface area contributed by atoms with Crippen molar-refractivity contribution < 1.29 is 18.0 Å². The van der Waals surface area contributed by atoms with Gasteiger partial charge in [0.15, 0.2) is 4.91 Å². The van der Waals surface area contributed by atoms with Crippen molar-refractivity contribution in [1.29, 1.82) is 0 Å². The first-order chi connectivity index (χ1) is 11.4. The van der Waals surface area contributed by atoms with Gasteiger partial charge in [-0.05, 0) is 65.3 Å². The molecule has 0 radical (unpaired) electrons. The van der Waals surface area contributed by atoms with Crippen LogP contribution in [0.3, 0.4) is 0 Å². The number of benzene rings is 2. The molecule has 126 valence electrons. The summed E-state index contributed by atoms with van der Waals surface area (Å²) in [6, 6.07) is 15.8. The highest BCUT2D eigenvalue weighted by atomic mass is 127. The van der Waals surface area contributed by atoms with Crippen LogP contribution in [0.4, 0.5) is 0 Å². The van der Waals surface area contributed by atoms with Gasteiger partial charge in [-0.2, -0.15) is 5.90 Å². The van der Waals surface area contributed by atoms with Gasteiger partial charge in [-0.1, -0.05) is 36.4 Å². The van der Waals surface area contributed by atoms with Gasteiger partial charge in [0.25, 0.3) is 0 Å². The summed E-state index contributed by atoms with van der Waals surface area (Å²) in [7, 11) is -3.98. The molecule has 5 nitrogen and oxygen atoms in total. The number of hydrogen-bond acceptors (Lipinski definition) is 5. The number of rotatable bonds is 6. The predicted molar refractivity (Wildman–Crippen MR) is 99.5 cm³/mol. The minimum absolute atomic E-state index is 0.0271. The van der Waals surface area contributed by atoms with Crippen molar-refractivity contribution in [3.8, 4) is 0 Å². The summed E-state index contributed by atoms with van der Waals surface area (Å²) in [4.78, 5) is 15.6. The molecule has 2 N–H and O–H groups in total. The van der Waals surface area contributed by atoms with E-state index in [0.29, 0.717) is 12.8 Å². The third-order valence-corrected chi connectivity index (χ3v) is 5.85. The summed E-state index contributed by atoms with van der Waals surface area (Å²) in [5.41, 5.74) is 1.04. The Bertz CT molecular complexity index is 831. The Morgan fingerprint density at radius 1 is 1.08 bits per heavy atom. The summed E-state index contributed by atoms with van der Waals surface area (Å²) in [5.74, 6) is 3.83. The first-order valence-corrected chi connectivity index (χ1v) is 9.67. The highest BCUT2D eigenvalue weighted by molar-refractivity contribution is 14.1. The standard InChI is InChI=1S/C17H16INO4S/c18-14-9-11-15(12-10-14)24(21,22)16(17(20)23-19)8-4-7-13-5-2-1-3-6-13/h1-3,5-6,8-12H,4,7,19H2. The molecule has 0 atom stereocenters. The van der Waals surface area contributed by atoms with Gasteiger partial charge in [0.05, 0.1) is 4.90 Å². The van der Waals surface area contributed by atoms with Crippen LogP contribution >= 0.6 is 22.6 Å². The van der Waals surface area contributed by atoms with E-state index in [1.165, 1.54) is 18.2 Å². The lowest BCUT2D eigenvalue weighted by atomic mass is 10.1. The molecule has 0 aromatic heterocycles. The molecule has 0 heterocycles. The summed E-state index contributed by atoms with van der Waals surface area (Å²) >= 11 is 2.07. The Labute approximate surface area is 154 Å². The Morgan fingerprint density at radius 2 is 1.71 bits per heavy atom. The molecule has 2 aromatic rings. The van der Waals surface area contributed by atoms with Gasteiger partial charge >= 0.3 is 5.97 Å². The molecule has 0 bridgehead atoms. The topological polar surface area (TPSA) is 86.5 Å². The molecule has 0 spiro atoms. The van der Waals surface area contributed by atoms with Crippen LogP contribution < -0.4 is 5.90 Å². The molecule has 24 heavy (non-hydrogen) atoms. The van der Waals surface area contributed by atoms with E-state index in [4.69, 9.17) is 5.90 Å². The fourth-order valence-corrected chi connectivity index (χ4v) is 3.83. The van der Waals surface area contributed by atoms with Crippen molar-refractivity contribution >= 4 is 38.4 Å². The van der Waals surface area contributed by atoms with E-state index in [9.17, 15) is 13.2 Å². The van der Waals surface area contributed by atoms with Crippen molar-refractivity contribution in [2.45, 2.75) is 17.7 Å². The van der Waals surface area contributed by atoms with Gasteiger partial charge in [-0.15, -0.1) is 0 Å². The first kappa shape index (κ1) is 18.6. The molecule has 0 aliphatic rings. The van der Waals surface area contributed by atoms with Crippen LogP contribution in [-0.4, -0.2) is 14.4 Å². The highest BCUT2D eigenvalue weighted by Crippen LogP contribution is 2.22. The van der Waals surface area contributed by atoms with E-state index in [0.717, 1.165) is 9.13 Å². The second kappa shape index (κ2) is 8.41. The van der Waals surface area contributed by atoms with E-state index in [2.05, 4.69) is 27.4 Å². The van der Waals surface area contributed by atoms with Crippen molar-refractivity contribution in [3.05, 3.63) is 74.7 Å². The van der Waals surface area contributed by atoms with Gasteiger partial charge in [-0.3, -0.25) is 0 Å². The molecule has 0 aliphatic carbocycles. The number of hydrogen-bond donors (Lipinski definition) is 1. The molecular weight excluding hydrogens is 441 g/mol. The predicted octanol–water partition coefficient (Wildman–Crippen LogP) is 3.00. The molecule has 0 saturated carbocycles. The summed E-state index contributed by atoms with van der Waals surface area (Å²) in [5, 5.41) is 0. The van der Waals surface area contributed by atoms with Gasteiger partial charge < -0.3 is 4.84 Å². The maximum absolute atomic E-state index is 12.7. The molecule has 0 amide bonds. The Morgan fingerprint density at radius 3 is 2.29 bits per heavy atom. The molecule has 2 rings (SSSR count). The van der Waals surface area contributed by atoms with Crippen LogP contribution in [0, 0.1) is 3.57 Å². The van der Waals surface area contributed by atoms with Crippen molar-refractivity contribution in [2.24, 2.45) is 5.90 Å². The maximum Gasteiger partial charge on any atom is 0.368 e. The quantitative estimate of drug-likeness (QED) is 0.410. The van der Waals surface area contributed by atoms with Gasteiger partial charge in [0, 0.05) is 3.57 Å². The lowest BCUT2D eigenvalue weighted by molar-refractivity contribution is -0.138. The Hall–Kier alpha value is -1.71. The summed E-state index contributed by atoms with van der Waals surface area (Å²) in [6.45, 7) is 0. The molecule has 2 aromatic carbocycles. The molecule has 7 heteroatoms. The van der Waals surface area contributed by atoms with Crippen LogP contribution in [0.2, 0.25) is 0 Å². The SMILES string of the molecule is NOC(=O)C(=CCCc1ccccc1)S(=O)(=O)c1ccc(I)cc1. The van der Waals surface area contributed by atoms with Crippen LogP contribution in [-0.2, 0) is 25.9 Å². The zero-order valence-corrected chi connectivity index (χ0v) is 15.7. The minimum Gasteiger partial charge on any atom is -0.369 e. The van der Waals surface area contributed by atoms with Crippen molar-refractivity contribution in [2.75, 3.05) is 0 Å². The third-order valence-electron chi connectivity index (χ3n) is 3.33. The van der Waals surface area contributed by atoms with E-state index >= 15 is 0 Å². The molecular formula is C17H16INO4S. The van der Waals surface area contributed by atoms with Crippen molar-refractivity contribution in [1.82, 2.24) is 0 Å². The minimum atomic E-state index is -3.98. The smallest absolute Gasteiger partial charge is 0.368 e. The summed E-state index contributed by atoms with van der Waals surface area (Å²) < 4.78 is 26.2. The fraction of sp³-hybridized carbons (Fsp3) is 0.118. The number of carbonyl (C=O) groups is 1. The maximum atomic E-state index is 12.7. The Balaban J connectivity index is 2.28. The number of nitrogens with two attached hydrogens (primary N) is 1. The fourth-order valence-electron chi connectivity index (χ4n) is 2.12. The number of aryl methyl sites for hydroxylation is 1. The molecule has 0 unspecified atom stereocenters. The second-order valence-electron chi connectivity index (χ2n) is 4.96. The van der Waals surface area contributed by atoms with E-state index < -0.39 is 20.7 Å². The normalized spacial score (nSPS) is 12.0. The average Bonchev–Trinajstić information content (AvgIpc) is 2.59. The van der Waals surface area contributed by atoms with Crippen LogP contribution in [0.5, 0.6) is 0 Å². The van der Waals surface area contributed by atoms with E-state index in [1.807, 2.05) is 30.3 Å². The molecule has 0 fully saturated rings. The first-order valence-electron chi connectivity index (χ1n) is 7.11. The van der Waals surface area contributed by atoms with Gasteiger partial charge in [-0.25, -0.2) is 13.2 Å². The number of halogens is 1. The van der Waals surface area contributed by atoms with Crippen molar-refractivity contribution in [3.63, 3.8) is 0 Å². The van der Waals surface area contributed by atoms with Crippen LogP contribution in [0.15, 0.2) is 70.5 Å². The molecule has 0 saturated heterocycles. The zero-order chi connectivity index (χ0) is 17.6. The second-order valence-corrected chi connectivity index (χ2v) is 8.12. The summed E-state index contributed by atoms with van der Waals surface area (Å²) in [6.07, 6.45) is 2.33. The van der Waals surface area contributed by atoms with E-state index in [1.54, 1.807) is 12.1 Å². The highest BCUT2D eigenvalue weighted by Gasteiger charge is 2.27. The Kier molecular flexibility index (Phi) is 6.52. The number of sulfone groups is 1. The average molecular weight is 457 g/mol. The monoisotopic (exact) mass is 457 g/mol. The van der Waals surface area contributed by atoms with Gasteiger partial charge in [0.2, 0.25) is 9.84 Å². The van der Waals surface area contributed by atoms with Crippen LogP contribution in [0.1, 0.15) is 12.0 Å². The molecule has 0 aliphatic heterocycles. The number of carbonyl (C=O) groups excluding carboxylic acids is 1. The third kappa shape index (κ3) is 4.65. The largest absolute Gasteiger partial charge is 0.369 e. The number of allylic oxidation sites excluding steroid dienone is 1.